The van der Waals surface area contributed by atoms with E-state index in [2.05, 4.69) is 11.9 Å². The van der Waals surface area contributed by atoms with Crippen molar-refractivity contribution in [3.8, 4) is 5.75 Å². The number of hydrogen-bond acceptors (Lipinski definition) is 4. The van der Waals surface area contributed by atoms with E-state index in [-0.39, 0.29) is 5.97 Å². The molecule has 0 spiro atoms. The van der Waals surface area contributed by atoms with Gasteiger partial charge in [-0.2, -0.15) is 0 Å². The fourth-order valence-electron chi connectivity index (χ4n) is 2.95. The van der Waals surface area contributed by atoms with Crippen molar-refractivity contribution in [1.29, 1.82) is 0 Å². The molecule has 0 aliphatic rings. The molecule has 4 nitrogen and oxygen atoms in total. The van der Waals surface area contributed by atoms with Crippen LogP contribution >= 0.6 is 0 Å². The van der Waals surface area contributed by atoms with E-state index in [1.54, 1.807) is 25.3 Å². The molecule has 0 aromatic heterocycles. The van der Waals surface area contributed by atoms with Crippen molar-refractivity contribution in [3.05, 3.63) is 59.7 Å². The van der Waals surface area contributed by atoms with E-state index in [1.807, 2.05) is 36.4 Å². The highest BCUT2D eigenvalue weighted by atomic mass is 16.5. The number of esters is 1. The van der Waals surface area contributed by atoms with Crippen molar-refractivity contribution >= 4 is 17.9 Å². The Balaban J connectivity index is 1.72. The summed E-state index contributed by atoms with van der Waals surface area (Å²) in [4.78, 5) is 16.1. The number of carbonyl (C=O) groups is 1. The van der Waals surface area contributed by atoms with Gasteiger partial charge in [-0.15, -0.1) is 0 Å². The molecule has 156 valence electrons. The Labute approximate surface area is 175 Å². The molecule has 2 aromatic rings. The largest absolute Gasteiger partial charge is 0.494 e. The molecule has 29 heavy (non-hydrogen) atoms. The molecule has 0 saturated heterocycles. The fourth-order valence-corrected chi connectivity index (χ4v) is 2.95. The molecule has 0 amide bonds. The first-order chi connectivity index (χ1) is 14.2. The highest BCUT2D eigenvalue weighted by Gasteiger charge is 2.04. The van der Waals surface area contributed by atoms with E-state index in [4.69, 9.17) is 9.47 Å². The van der Waals surface area contributed by atoms with Crippen LogP contribution in [0.5, 0.6) is 5.75 Å². The van der Waals surface area contributed by atoms with Gasteiger partial charge in [0.25, 0.3) is 0 Å². The monoisotopic (exact) mass is 395 g/mol. The molecule has 0 saturated carbocycles. The SMILES string of the molecule is CCCCCCCCCOc1ccc(C=Nc2ccc(C(=O)OCC)cc2)cc1. The van der Waals surface area contributed by atoms with Crippen LogP contribution in [0.25, 0.3) is 0 Å². The van der Waals surface area contributed by atoms with Gasteiger partial charge in [-0.1, -0.05) is 45.4 Å². The van der Waals surface area contributed by atoms with Crippen LogP contribution in [0.2, 0.25) is 0 Å². The lowest BCUT2D eigenvalue weighted by atomic mass is 10.1. The lowest BCUT2D eigenvalue weighted by Crippen LogP contribution is -2.03. The average Bonchev–Trinajstić information content (AvgIpc) is 2.75. The minimum atomic E-state index is -0.310. The molecule has 0 bridgehead atoms. The summed E-state index contributed by atoms with van der Waals surface area (Å²) in [7, 11) is 0. The number of hydrogen-bond donors (Lipinski definition) is 0. The molecule has 2 rings (SSSR count). The maximum Gasteiger partial charge on any atom is 0.338 e. The highest BCUT2D eigenvalue weighted by Crippen LogP contribution is 2.16. The minimum absolute atomic E-state index is 0.310. The van der Waals surface area contributed by atoms with Crippen LogP contribution in [0.4, 0.5) is 5.69 Å². The Morgan fingerprint density at radius 1 is 0.862 bits per heavy atom. The Morgan fingerprint density at radius 3 is 2.17 bits per heavy atom. The summed E-state index contributed by atoms with van der Waals surface area (Å²) >= 11 is 0. The van der Waals surface area contributed by atoms with Crippen molar-refractivity contribution in [2.75, 3.05) is 13.2 Å². The quantitative estimate of drug-likeness (QED) is 0.214. The first-order valence-electron chi connectivity index (χ1n) is 10.8. The highest BCUT2D eigenvalue weighted by molar-refractivity contribution is 5.90. The van der Waals surface area contributed by atoms with Crippen molar-refractivity contribution in [1.82, 2.24) is 0 Å². The number of rotatable bonds is 13. The van der Waals surface area contributed by atoms with Crippen LogP contribution < -0.4 is 4.74 Å². The predicted molar refractivity (Wildman–Crippen MR) is 120 cm³/mol. The van der Waals surface area contributed by atoms with Crippen molar-refractivity contribution in [2.45, 2.75) is 58.8 Å². The van der Waals surface area contributed by atoms with Crippen LogP contribution in [-0.2, 0) is 4.74 Å². The zero-order chi connectivity index (χ0) is 20.7. The summed E-state index contributed by atoms with van der Waals surface area (Å²) in [6, 6.07) is 15.0. The van der Waals surface area contributed by atoms with Gasteiger partial charge < -0.3 is 9.47 Å². The fraction of sp³-hybridized carbons (Fsp3) is 0.440. The van der Waals surface area contributed by atoms with E-state index < -0.39 is 0 Å². The first-order valence-corrected chi connectivity index (χ1v) is 10.8. The maximum absolute atomic E-state index is 11.7. The summed E-state index contributed by atoms with van der Waals surface area (Å²) in [6.07, 6.45) is 10.8. The smallest absolute Gasteiger partial charge is 0.338 e. The third kappa shape index (κ3) is 8.95. The number of benzene rings is 2. The second-order valence-corrected chi connectivity index (χ2v) is 7.06. The summed E-state index contributed by atoms with van der Waals surface area (Å²) in [5, 5.41) is 0. The molecule has 0 atom stereocenters. The molecular weight excluding hydrogens is 362 g/mol. The van der Waals surface area contributed by atoms with Crippen LogP contribution in [0.3, 0.4) is 0 Å². The van der Waals surface area contributed by atoms with Crippen LogP contribution in [0.1, 0.15) is 74.7 Å². The standard InChI is InChI=1S/C25H33NO3/c1-3-5-6-7-8-9-10-19-29-24-17-11-21(12-18-24)20-26-23-15-13-22(14-16-23)25(27)28-4-2/h11-18,20H,3-10,19H2,1-2H3. The van der Waals surface area contributed by atoms with E-state index in [0.717, 1.165) is 30.0 Å². The van der Waals surface area contributed by atoms with Gasteiger partial charge in [-0.05, 0) is 67.4 Å². The van der Waals surface area contributed by atoms with E-state index in [0.29, 0.717) is 12.2 Å². The second kappa shape index (κ2) is 13.5. The summed E-state index contributed by atoms with van der Waals surface area (Å²) in [5.41, 5.74) is 2.33. The molecule has 0 fully saturated rings. The zero-order valence-electron chi connectivity index (χ0n) is 17.7. The van der Waals surface area contributed by atoms with Gasteiger partial charge in [0.2, 0.25) is 0 Å². The average molecular weight is 396 g/mol. The molecule has 0 heterocycles. The van der Waals surface area contributed by atoms with Gasteiger partial charge in [0.05, 0.1) is 24.5 Å². The summed E-state index contributed by atoms with van der Waals surface area (Å²) < 4.78 is 10.8. The van der Waals surface area contributed by atoms with Crippen LogP contribution in [-0.4, -0.2) is 25.4 Å². The zero-order valence-corrected chi connectivity index (χ0v) is 17.7. The van der Waals surface area contributed by atoms with Gasteiger partial charge >= 0.3 is 5.97 Å². The van der Waals surface area contributed by atoms with E-state index >= 15 is 0 Å². The van der Waals surface area contributed by atoms with Crippen molar-refractivity contribution < 1.29 is 14.3 Å². The Bertz CT molecular complexity index is 736. The molecule has 0 aliphatic heterocycles. The number of carbonyl (C=O) groups excluding carboxylic acids is 1. The molecule has 0 aliphatic carbocycles. The first kappa shape index (κ1) is 22.7. The van der Waals surface area contributed by atoms with Crippen molar-refractivity contribution in [3.63, 3.8) is 0 Å². The van der Waals surface area contributed by atoms with Gasteiger partial charge in [-0.25, -0.2) is 4.79 Å². The molecule has 0 N–H and O–H groups in total. The van der Waals surface area contributed by atoms with Crippen LogP contribution in [0, 0.1) is 0 Å². The number of unbranched alkanes of at least 4 members (excludes halogenated alkanes) is 6. The molecule has 0 radical (unpaired) electrons. The lowest BCUT2D eigenvalue weighted by Gasteiger charge is -2.06. The topological polar surface area (TPSA) is 47.9 Å². The molecule has 4 heteroatoms. The third-order valence-corrected chi connectivity index (χ3v) is 4.64. The van der Waals surface area contributed by atoms with Crippen molar-refractivity contribution in [2.24, 2.45) is 4.99 Å². The van der Waals surface area contributed by atoms with Crippen LogP contribution in [0.15, 0.2) is 53.5 Å². The Morgan fingerprint density at radius 2 is 1.52 bits per heavy atom. The molecular formula is C25H33NO3. The molecule has 0 unspecified atom stereocenters. The predicted octanol–water partition coefficient (Wildman–Crippen LogP) is 6.74. The summed E-state index contributed by atoms with van der Waals surface area (Å²) in [6.45, 7) is 5.18. The summed E-state index contributed by atoms with van der Waals surface area (Å²) in [5.74, 6) is 0.585. The number of ether oxygens (including phenoxy) is 2. The Kier molecular flexibility index (Phi) is 10.6. The Hall–Kier alpha value is -2.62. The number of nitrogens with zero attached hydrogens (tertiary/aromatic N) is 1. The number of aliphatic imine (C=N–C) groups is 1. The molecule has 2 aromatic carbocycles. The van der Waals surface area contributed by atoms with E-state index in [9.17, 15) is 4.79 Å². The minimum Gasteiger partial charge on any atom is -0.494 e. The van der Waals surface area contributed by atoms with Gasteiger partial charge in [0.1, 0.15) is 5.75 Å². The van der Waals surface area contributed by atoms with E-state index in [1.165, 1.54) is 38.5 Å². The second-order valence-electron chi connectivity index (χ2n) is 7.06. The normalized spacial score (nSPS) is 11.0. The van der Waals surface area contributed by atoms with Gasteiger partial charge in [0, 0.05) is 6.21 Å². The van der Waals surface area contributed by atoms with Gasteiger partial charge in [-0.3, -0.25) is 4.99 Å². The lowest BCUT2D eigenvalue weighted by molar-refractivity contribution is 0.0526. The van der Waals surface area contributed by atoms with Gasteiger partial charge in [0.15, 0.2) is 0 Å². The third-order valence-electron chi connectivity index (χ3n) is 4.64. The maximum atomic E-state index is 11.7.